The van der Waals surface area contributed by atoms with Gasteiger partial charge in [-0.15, -0.1) is 0 Å². The standard InChI is InChI=1S/C13H18N2O4S/c1-19-10-8-9(20-15-10)11(16)14-13(12(17)18)6-4-2-3-5-7-13/h8H,2-7H2,1H3,(H,14,16)(H,17,18). The van der Waals surface area contributed by atoms with E-state index in [0.717, 1.165) is 37.2 Å². The summed E-state index contributed by atoms with van der Waals surface area (Å²) in [7, 11) is 1.47. The van der Waals surface area contributed by atoms with Gasteiger partial charge in [0.1, 0.15) is 10.4 Å². The van der Waals surface area contributed by atoms with Gasteiger partial charge < -0.3 is 15.2 Å². The van der Waals surface area contributed by atoms with Crippen molar-refractivity contribution in [2.75, 3.05) is 7.11 Å². The van der Waals surface area contributed by atoms with Gasteiger partial charge in [-0.1, -0.05) is 25.7 Å². The summed E-state index contributed by atoms with van der Waals surface area (Å²) in [5, 5.41) is 12.2. The van der Waals surface area contributed by atoms with Crippen molar-refractivity contribution >= 4 is 23.4 Å². The third-order valence-corrected chi connectivity index (χ3v) is 4.41. The topological polar surface area (TPSA) is 88.5 Å². The molecule has 1 fully saturated rings. The van der Waals surface area contributed by atoms with Crippen LogP contribution in [0.2, 0.25) is 0 Å². The van der Waals surface area contributed by atoms with E-state index >= 15 is 0 Å². The molecule has 0 saturated heterocycles. The zero-order valence-electron chi connectivity index (χ0n) is 11.3. The zero-order chi connectivity index (χ0) is 14.6. The van der Waals surface area contributed by atoms with E-state index in [2.05, 4.69) is 9.69 Å². The van der Waals surface area contributed by atoms with Crippen LogP contribution in [-0.2, 0) is 4.79 Å². The highest BCUT2D eigenvalue weighted by atomic mass is 32.1. The number of hydrogen-bond donors (Lipinski definition) is 2. The van der Waals surface area contributed by atoms with Gasteiger partial charge in [-0.3, -0.25) is 4.79 Å². The number of ether oxygens (including phenoxy) is 1. The lowest BCUT2D eigenvalue weighted by Crippen LogP contribution is -2.54. The van der Waals surface area contributed by atoms with Crippen LogP contribution in [0.25, 0.3) is 0 Å². The minimum atomic E-state index is -1.15. The maximum absolute atomic E-state index is 12.2. The molecule has 0 spiro atoms. The molecule has 1 amide bonds. The van der Waals surface area contributed by atoms with Gasteiger partial charge in [0.05, 0.1) is 7.11 Å². The first-order valence-corrected chi connectivity index (χ1v) is 7.41. The minimum Gasteiger partial charge on any atom is -0.480 e. The predicted octanol–water partition coefficient (Wildman–Crippen LogP) is 2.06. The van der Waals surface area contributed by atoms with Crippen molar-refractivity contribution in [2.45, 2.75) is 44.1 Å². The summed E-state index contributed by atoms with van der Waals surface area (Å²) in [4.78, 5) is 24.2. The molecule has 7 heteroatoms. The average Bonchev–Trinajstić information content (AvgIpc) is 2.79. The number of aromatic nitrogens is 1. The number of nitrogens with one attached hydrogen (secondary N) is 1. The fraction of sp³-hybridized carbons (Fsp3) is 0.615. The Labute approximate surface area is 121 Å². The van der Waals surface area contributed by atoms with Crippen LogP contribution in [-0.4, -0.2) is 34.0 Å². The largest absolute Gasteiger partial charge is 0.480 e. The van der Waals surface area contributed by atoms with E-state index in [1.807, 2.05) is 0 Å². The number of carboxylic acids is 1. The molecule has 2 N–H and O–H groups in total. The normalized spacial score (nSPS) is 18.1. The van der Waals surface area contributed by atoms with Gasteiger partial charge in [-0.05, 0) is 24.4 Å². The first-order chi connectivity index (χ1) is 9.57. The molecular formula is C13H18N2O4S. The van der Waals surface area contributed by atoms with E-state index in [9.17, 15) is 14.7 Å². The second-order valence-corrected chi connectivity index (χ2v) is 5.79. The van der Waals surface area contributed by atoms with Gasteiger partial charge in [0.2, 0.25) is 5.88 Å². The number of aliphatic carboxylic acids is 1. The lowest BCUT2D eigenvalue weighted by molar-refractivity contribution is -0.145. The summed E-state index contributed by atoms with van der Waals surface area (Å²) >= 11 is 1.01. The molecule has 6 nitrogen and oxygen atoms in total. The number of hydrogen-bond acceptors (Lipinski definition) is 5. The fourth-order valence-corrected chi connectivity index (χ4v) is 3.07. The Morgan fingerprint density at radius 2 is 2.00 bits per heavy atom. The van der Waals surface area contributed by atoms with E-state index in [1.54, 1.807) is 0 Å². The molecule has 0 aliphatic heterocycles. The van der Waals surface area contributed by atoms with E-state index in [1.165, 1.54) is 13.2 Å². The lowest BCUT2D eigenvalue weighted by atomic mass is 9.90. The van der Waals surface area contributed by atoms with Crippen LogP contribution in [0.3, 0.4) is 0 Å². The second-order valence-electron chi connectivity index (χ2n) is 4.99. The minimum absolute atomic E-state index is 0.366. The molecule has 0 radical (unpaired) electrons. The van der Waals surface area contributed by atoms with Crippen molar-refractivity contribution in [3.63, 3.8) is 0 Å². The summed E-state index contributed by atoms with van der Waals surface area (Å²) < 4.78 is 8.88. The van der Waals surface area contributed by atoms with Crippen LogP contribution in [0, 0.1) is 0 Å². The Balaban J connectivity index is 2.14. The molecule has 1 aromatic heterocycles. The van der Waals surface area contributed by atoms with Gasteiger partial charge in [0.15, 0.2) is 0 Å². The van der Waals surface area contributed by atoms with Crippen LogP contribution in [0.15, 0.2) is 6.07 Å². The summed E-state index contributed by atoms with van der Waals surface area (Å²) in [5.74, 6) is -0.982. The Morgan fingerprint density at radius 1 is 1.35 bits per heavy atom. The number of rotatable bonds is 4. The van der Waals surface area contributed by atoms with Crippen molar-refractivity contribution in [1.29, 1.82) is 0 Å². The van der Waals surface area contributed by atoms with E-state index in [-0.39, 0.29) is 0 Å². The molecule has 0 atom stereocenters. The summed E-state index contributed by atoms with van der Waals surface area (Å²) in [5.41, 5.74) is -1.15. The Bertz CT molecular complexity index is 492. The van der Waals surface area contributed by atoms with E-state index in [4.69, 9.17) is 4.74 Å². The number of methoxy groups -OCH3 is 1. The number of carbonyl (C=O) groups excluding carboxylic acids is 1. The van der Waals surface area contributed by atoms with Crippen molar-refractivity contribution < 1.29 is 19.4 Å². The molecular weight excluding hydrogens is 280 g/mol. The molecule has 20 heavy (non-hydrogen) atoms. The Morgan fingerprint density at radius 3 is 2.50 bits per heavy atom. The molecule has 1 aliphatic carbocycles. The van der Waals surface area contributed by atoms with Crippen LogP contribution in [0.1, 0.15) is 48.2 Å². The van der Waals surface area contributed by atoms with E-state index < -0.39 is 17.4 Å². The van der Waals surface area contributed by atoms with Gasteiger partial charge in [0.25, 0.3) is 5.91 Å². The summed E-state index contributed by atoms with van der Waals surface area (Å²) in [6, 6.07) is 1.52. The molecule has 0 bridgehead atoms. The molecule has 2 rings (SSSR count). The molecule has 1 aromatic rings. The molecule has 1 heterocycles. The van der Waals surface area contributed by atoms with Gasteiger partial charge in [-0.25, -0.2) is 4.79 Å². The Hall–Kier alpha value is -1.63. The molecule has 1 aliphatic rings. The van der Waals surface area contributed by atoms with Gasteiger partial charge >= 0.3 is 5.97 Å². The molecule has 0 aromatic carbocycles. The van der Waals surface area contributed by atoms with Gasteiger partial charge in [0, 0.05) is 6.07 Å². The highest BCUT2D eigenvalue weighted by molar-refractivity contribution is 7.08. The third kappa shape index (κ3) is 3.09. The SMILES string of the molecule is COc1cc(C(=O)NC2(C(=O)O)CCCCCC2)sn1. The lowest BCUT2D eigenvalue weighted by Gasteiger charge is -2.28. The average molecular weight is 298 g/mol. The van der Waals surface area contributed by atoms with Crippen LogP contribution >= 0.6 is 11.5 Å². The van der Waals surface area contributed by atoms with Gasteiger partial charge in [-0.2, -0.15) is 4.37 Å². The first-order valence-electron chi connectivity index (χ1n) is 6.64. The number of carboxylic acid groups (broad SMARTS) is 1. The molecule has 1 saturated carbocycles. The van der Waals surface area contributed by atoms with Crippen molar-refractivity contribution in [3.8, 4) is 5.88 Å². The van der Waals surface area contributed by atoms with E-state index in [0.29, 0.717) is 23.6 Å². The highest BCUT2D eigenvalue weighted by Gasteiger charge is 2.40. The second kappa shape index (κ2) is 6.21. The summed E-state index contributed by atoms with van der Waals surface area (Å²) in [6.07, 6.45) is 4.61. The Kier molecular flexibility index (Phi) is 4.59. The highest BCUT2D eigenvalue weighted by Crippen LogP contribution is 2.28. The quantitative estimate of drug-likeness (QED) is 0.831. The van der Waals surface area contributed by atoms with Crippen molar-refractivity contribution in [2.24, 2.45) is 0 Å². The smallest absolute Gasteiger partial charge is 0.329 e. The van der Waals surface area contributed by atoms with Crippen molar-refractivity contribution in [1.82, 2.24) is 9.69 Å². The van der Waals surface area contributed by atoms with Crippen LogP contribution in [0.5, 0.6) is 5.88 Å². The molecule has 110 valence electrons. The van der Waals surface area contributed by atoms with Crippen molar-refractivity contribution in [3.05, 3.63) is 10.9 Å². The maximum Gasteiger partial charge on any atom is 0.329 e. The maximum atomic E-state index is 12.2. The van der Waals surface area contributed by atoms with Crippen LogP contribution < -0.4 is 10.1 Å². The summed E-state index contributed by atoms with van der Waals surface area (Å²) in [6.45, 7) is 0. The monoisotopic (exact) mass is 298 g/mol. The van der Waals surface area contributed by atoms with Crippen LogP contribution in [0.4, 0.5) is 0 Å². The fourth-order valence-electron chi connectivity index (χ4n) is 2.47. The molecule has 0 unspecified atom stereocenters. The number of carbonyl (C=O) groups is 2. The number of nitrogens with zero attached hydrogens (tertiary/aromatic N) is 1. The predicted molar refractivity (Wildman–Crippen MR) is 74.2 cm³/mol. The third-order valence-electron chi connectivity index (χ3n) is 3.64. The number of amides is 1. The zero-order valence-corrected chi connectivity index (χ0v) is 12.2. The first kappa shape index (κ1) is 14.8.